The van der Waals surface area contributed by atoms with E-state index in [9.17, 15) is 14.9 Å². The van der Waals surface area contributed by atoms with E-state index in [4.69, 9.17) is 5.11 Å². The van der Waals surface area contributed by atoms with Crippen LogP contribution in [0.4, 0.5) is 11.4 Å². The third kappa shape index (κ3) is 3.58. The van der Waals surface area contributed by atoms with Gasteiger partial charge in [-0.1, -0.05) is 0 Å². The molecule has 1 aliphatic rings. The first kappa shape index (κ1) is 15.4. The van der Waals surface area contributed by atoms with Crippen LogP contribution in [0.3, 0.4) is 0 Å². The number of hydrogen-bond acceptors (Lipinski definition) is 5. The van der Waals surface area contributed by atoms with Crippen LogP contribution in [0.2, 0.25) is 0 Å². The van der Waals surface area contributed by atoms with E-state index in [1.807, 2.05) is 0 Å². The molecule has 1 unspecified atom stereocenters. The molecule has 1 aromatic rings. The summed E-state index contributed by atoms with van der Waals surface area (Å²) in [5, 5.41) is 19.9. The van der Waals surface area contributed by atoms with E-state index in [1.54, 1.807) is 6.07 Å². The zero-order valence-electron chi connectivity index (χ0n) is 12.1. The minimum atomic E-state index is -0.485. The summed E-state index contributed by atoms with van der Waals surface area (Å²) in [6.07, 6.45) is 2.82. The molecule has 0 bridgehead atoms. The number of carbonyl (C=O) groups is 1. The molecule has 1 saturated heterocycles. The number of nitro groups is 1. The molecule has 114 valence electrons. The van der Waals surface area contributed by atoms with Crippen LogP contribution in [0.25, 0.3) is 0 Å². The third-order valence-corrected chi connectivity index (χ3v) is 3.97. The summed E-state index contributed by atoms with van der Waals surface area (Å²) in [6, 6.07) is 4.46. The number of carbonyl (C=O) groups excluding carboxylic acids is 1. The average Bonchev–Trinajstić information content (AvgIpc) is 2.47. The van der Waals surface area contributed by atoms with Gasteiger partial charge in [-0.25, -0.2) is 0 Å². The van der Waals surface area contributed by atoms with E-state index in [0.29, 0.717) is 11.5 Å². The van der Waals surface area contributed by atoms with Crippen LogP contribution < -0.4 is 4.90 Å². The highest BCUT2D eigenvalue weighted by Gasteiger charge is 2.24. The van der Waals surface area contributed by atoms with Gasteiger partial charge in [0.15, 0.2) is 5.78 Å². The molecule has 0 amide bonds. The first-order chi connectivity index (χ1) is 10.0. The number of nitrogens with zero attached hydrogens (tertiary/aromatic N) is 2. The van der Waals surface area contributed by atoms with Crippen molar-refractivity contribution in [2.24, 2.45) is 5.92 Å². The van der Waals surface area contributed by atoms with Gasteiger partial charge in [-0.15, -0.1) is 0 Å². The van der Waals surface area contributed by atoms with Crippen LogP contribution in [-0.4, -0.2) is 35.5 Å². The summed E-state index contributed by atoms with van der Waals surface area (Å²) < 4.78 is 0. The normalized spacial score (nSPS) is 18.6. The molecule has 1 aromatic carbocycles. The van der Waals surface area contributed by atoms with Crippen molar-refractivity contribution in [3.8, 4) is 0 Å². The maximum atomic E-state index is 11.8. The Labute approximate surface area is 123 Å². The number of anilines is 1. The molecule has 0 aliphatic carbocycles. The number of nitro benzene ring substituents is 1. The van der Waals surface area contributed by atoms with Gasteiger partial charge >= 0.3 is 0 Å². The molecule has 0 spiro atoms. The van der Waals surface area contributed by atoms with Crippen LogP contribution in [0.1, 0.15) is 36.5 Å². The first-order valence-electron chi connectivity index (χ1n) is 7.18. The summed E-state index contributed by atoms with van der Waals surface area (Å²) in [5.41, 5.74) is 1.09. The second kappa shape index (κ2) is 6.67. The molecule has 2 rings (SSSR count). The van der Waals surface area contributed by atoms with Gasteiger partial charge in [0.2, 0.25) is 0 Å². The largest absolute Gasteiger partial charge is 0.396 e. The van der Waals surface area contributed by atoms with E-state index in [0.717, 1.165) is 38.0 Å². The molecule has 1 atom stereocenters. The molecule has 1 heterocycles. The van der Waals surface area contributed by atoms with E-state index in [1.165, 1.54) is 19.1 Å². The maximum Gasteiger partial charge on any atom is 0.270 e. The standard InChI is InChI=1S/C15H20N2O4/c1-11(19)14-9-13(17(20)21)4-5-15(14)16-7-2-3-12(10-16)6-8-18/h4-5,9,12,18H,2-3,6-8,10H2,1H3. The molecular weight excluding hydrogens is 272 g/mol. The number of benzene rings is 1. The van der Waals surface area contributed by atoms with Gasteiger partial charge < -0.3 is 10.0 Å². The van der Waals surface area contributed by atoms with Crippen molar-refractivity contribution < 1.29 is 14.8 Å². The van der Waals surface area contributed by atoms with E-state index in [2.05, 4.69) is 4.90 Å². The Morgan fingerprint density at radius 2 is 2.29 bits per heavy atom. The Balaban J connectivity index is 2.29. The Kier molecular flexibility index (Phi) is 4.90. The summed E-state index contributed by atoms with van der Waals surface area (Å²) in [4.78, 5) is 24.3. The van der Waals surface area contributed by atoms with Crippen molar-refractivity contribution in [2.45, 2.75) is 26.2 Å². The Bertz CT molecular complexity index is 542. The lowest BCUT2D eigenvalue weighted by molar-refractivity contribution is -0.384. The summed E-state index contributed by atoms with van der Waals surface area (Å²) >= 11 is 0. The first-order valence-corrected chi connectivity index (χ1v) is 7.18. The Morgan fingerprint density at radius 3 is 2.90 bits per heavy atom. The van der Waals surface area contributed by atoms with Crippen LogP contribution >= 0.6 is 0 Å². The van der Waals surface area contributed by atoms with Crippen molar-refractivity contribution >= 4 is 17.2 Å². The minimum Gasteiger partial charge on any atom is -0.396 e. The van der Waals surface area contributed by atoms with Crippen molar-refractivity contribution in [2.75, 3.05) is 24.6 Å². The summed E-state index contributed by atoms with van der Waals surface area (Å²) in [6.45, 7) is 3.20. The molecule has 6 nitrogen and oxygen atoms in total. The lowest BCUT2D eigenvalue weighted by atomic mass is 9.94. The summed E-state index contributed by atoms with van der Waals surface area (Å²) in [7, 11) is 0. The number of hydrogen-bond donors (Lipinski definition) is 1. The van der Waals surface area contributed by atoms with E-state index >= 15 is 0 Å². The van der Waals surface area contributed by atoms with Gasteiger partial charge in [0.1, 0.15) is 0 Å². The molecule has 6 heteroatoms. The van der Waals surface area contributed by atoms with Crippen molar-refractivity contribution in [3.05, 3.63) is 33.9 Å². The van der Waals surface area contributed by atoms with Gasteiger partial charge in [-0.05, 0) is 38.2 Å². The Morgan fingerprint density at radius 1 is 1.52 bits per heavy atom. The quantitative estimate of drug-likeness (QED) is 0.512. The second-order valence-electron chi connectivity index (χ2n) is 5.48. The zero-order chi connectivity index (χ0) is 15.4. The van der Waals surface area contributed by atoms with Crippen molar-refractivity contribution in [1.29, 1.82) is 0 Å². The number of aliphatic hydroxyl groups is 1. The van der Waals surface area contributed by atoms with Crippen molar-refractivity contribution in [3.63, 3.8) is 0 Å². The van der Waals surface area contributed by atoms with Crippen LogP contribution in [0.5, 0.6) is 0 Å². The van der Waals surface area contributed by atoms with Gasteiger partial charge in [-0.2, -0.15) is 0 Å². The smallest absolute Gasteiger partial charge is 0.270 e. The lowest BCUT2D eigenvalue weighted by Gasteiger charge is -2.35. The highest BCUT2D eigenvalue weighted by Crippen LogP contribution is 2.30. The van der Waals surface area contributed by atoms with Gasteiger partial charge in [0.05, 0.1) is 4.92 Å². The molecule has 1 N–H and O–H groups in total. The van der Waals surface area contributed by atoms with Crippen molar-refractivity contribution in [1.82, 2.24) is 0 Å². The predicted molar refractivity (Wildman–Crippen MR) is 79.7 cm³/mol. The number of aliphatic hydroxyl groups excluding tert-OH is 1. The van der Waals surface area contributed by atoms with E-state index in [-0.39, 0.29) is 18.1 Å². The maximum absolute atomic E-state index is 11.8. The Hall–Kier alpha value is -1.95. The third-order valence-electron chi connectivity index (χ3n) is 3.97. The molecule has 1 aliphatic heterocycles. The van der Waals surface area contributed by atoms with Gasteiger partial charge in [0, 0.05) is 43.1 Å². The molecule has 0 aromatic heterocycles. The van der Waals surface area contributed by atoms with Crippen LogP contribution in [0, 0.1) is 16.0 Å². The van der Waals surface area contributed by atoms with Crippen LogP contribution in [-0.2, 0) is 0 Å². The lowest BCUT2D eigenvalue weighted by Crippen LogP contribution is -2.36. The highest BCUT2D eigenvalue weighted by atomic mass is 16.6. The van der Waals surface area contributed by atoms with Gasteiger partial charge in [0.25, 0.3) is 5.69 Å². The number of piperidine rings is 1. The average molecular weight is 292 g/mol. The molecule has 0 radical (unpaired) electrons. The monoisotopic (exact) mass is 292 g/mol. The number of rotatable bonds is 5. The fourth-order valence-electron chi connectivity index (χ4n) is 2.90. The molecule has 21 heavy (non-hydrogen) atoms. The van der Waals surface area contributed by atoms with Crippen LogP contribution in [0.15, 0.2) is 18.2 Å². The highest BCUT2D eigenvalue weighted by molar-refractivity contribution is 6.00. The van der Waals surface area contributed by atoms with Gasteiger partial charge in [-0.3, -0.25) is 14.9 Å². The second-order valence-corrected chi connectivity index (χ2v) is 5.48. The molecule has 1 fully saturated rings. The molecule has 0 saturated carbocycles. The zero-order valence-corrected chi connectivity index (χ0v) is 12.1. The fraction of sp³-hybridized carbons (Fsp3) is 0.533. The molecular formula is C15H20N2O4. The minimum absolute atomic E-state index is 0.0622. The fourth-order valence-corrected chi connectivity index (χ4v) is 2.90. The van der Waals surface area contributed by atoms with E-state index < -0.39 is 4.92 Å². The number of non-ortho nitro benzene ring substituents is 1. The predicted octanol–water partition coefficient (Wildman–Crippen LogP) is 2.40. The number of ketones is 1. The number of Topliss-reactive ketones (excluding diaryl/α,β-unsaturated/α-hetero) is 1. The summed E-state index contributed by atoms with van der Waals surface area (Å²) in [5.74, 6) is 0.233. The topological polar surface area (TPSA) is 83.7 Å². The SMILES string of the molecule is CC(=O)c1cc([N+](=O)[O-])ccc1N1CCCC(CCO)C1.